The van der Waals surface area contributed by atoms with E-state index in [2.05, 4.69) is 25.9 Å². The highest BCUT2D eigenvalue weighted by Crippen LogP contribution is 2.36. The molecule has 2 aromatic rings. The lowest BCUT2D eigenvalue weighted by Gasteiger charge is -2.16. The van der Waals surface area contributed by atoms with Gasteiger partial charge < -0.3 is 10.3 Å². The van der Waals surface area contributed by atoms with Crippen LogP contribution >= 0.6 is 11.6 Å². The van der Waals surface area contributed by atoms with Crippen molar-refractivity contribution >= 4 is 17.4 Å². The van der Waals surface area contributed by atoms with Crippen molar-refractivity contribution in [1.82, 2.24) is 5.16 Å². The van der Waals surface area contributed by atoms with Crippen molar-refractivity contribution in [2.45, 2.75) is 27.2 Å². The molecule has 0 bridgehead atoms. The summed E-state index contributed by atoms with van der Waals surface area (Å²) < 4.78 is 19.3. The molecular weight excluding hydrogens is 267 g/mol. The summed E-state index contributed by atoms with van der Waals surface area (Å²) in [6.07, 6.45) is 0.610. The van der Waals surface area contributed by atoms with Gasteiger partial charge in [0.2, 0.25) is 0 Å². The summed E-state index contributed by atoms with van der Waals surface area (Å²) in [5.74, 6) is 0.251. The molecule has 0 radical (unpaired) electrons. The van der Waals surface area contributed by atoms with Crippen molar-refractivity contribution < 1.29 is 8.91 Å². The number of anilines is 1. The van der Waals surface area contributed by atoms with Crippen LogP contribution in [0.5, 0.6) is 0 Å². The van der Waals surface area contributed by atoms with Gasteiger partial charge in [-0.05, 0) is 11.5 Å². The lowest BCUT2D eigenvalue weighted by atomic mass is 9.88. The van der Waals surface area contributed by atoms with Crippen LogP contribution in [0.1, 0.15) is 26.5 Å². The fraction of sp³-hybridized carbons (Fsp3) is 0.357. The van der Waals surface area contributed by atoms with Gasteiger partial charge in [0.25, 0.3) is 0 Å². The number of hydrogen-bond acceptors (Lipinski definition) is 3. The summed E-state index contributed by atoms with van der Waals surface area (Å²) >= 11 is 5.80. The van der Waals surface area contributed by atoms with Crippen molar-refractivity contribution in [2.24, 2.45) is 5.41 Å². The van der Waals surface area contributed by atoms with E-state index in [0.717, 1.165) is 0 Å². The minimum absolute atomic E-state index is 0.0181. The number of nitrogens with zero attached hydrogens (tertiary/aromatic N) is 1. The molecule has 1 aromatic carbocycles. The summed E-state index contributed by atoms with van der Waals surface area (Å²) in [5.41, 5.74) is 6.60. The standard InChI is InChI=1S/C14H16ClFN2O/c1-14(2,3)7-10-11(13(17)18-19-10)8-5-4-6-9(15)12(8)16/h4-6H,7H2,1-3H3,(H2,17,18). The second kappa shape index (κ2) is 4.85. The molecule has 0 aliphatic carbocycles. The Morgan fingerprint density at radius 2 is 2.05 bits per heavy atom. The maximum Gasteiger partial charge on any atom is 0.175 e. The van der Waals surface area contributed by atoms with Gasteiger partial charge in [-0.15, -0.1) is 0 Å². The number of nitrogens with two attached hydrogens (primary N) is 1. The zero-order valence-electron chi connectivity index (χ0n) is 11.1. The van der Waals surface area contributed by atoms with Crippen LogP contribution in [-0.2, 0) is 6.42 Å². The first kappa shape index (κ1) is 13.9. The Labute approximate surface area is 116 Å². The predicted octanol–water partition coefficient (Wildman–Crippen LogP) is 4.30. The third kappa shape index (κ3) is 2.89. The number of halogens is 2. The first-order valence-corrected chi connectivity index (χ1v) is 6.36. The first-order chi connectivity index (χ1) is 8.79. The molecule has 102 valence electrons. The van der Waals surface area contributed by atoms with Gasteiger partial charge >= 0.3 is 0 Å². The molecule has 0 spiro atoms. The van der Waals surface area contributed by atoms with Crippen LogP contribution in [0.4, 0.5) is 10.2 Å². The van der Waals surface area contributed by atoms with Crippen LogP contribution in [0, 0.1) is 11.2 Å². The van der Waals surface area contributed by atoms with Crippen LogP contribution in [0.25, 0.3) is 11.1 Å². The fourth-order valence-electron chi connectivity index (χ4n) is 1.93. The van der Waals surface area contributed by atoms with Gasteiger partial charge in [0.05, 0.1) is 10.6 Å². The number of hydrogen-bond donors (Lipinski definition) is 1. The summed E-state index contributed by atoms with van der Waals surface area (Å²) in [5, 5.41) is 3.80. The molecule has 3 nitrogen and oxygen atoms in total. The Kier molecular flexibility index (Phi) is 3.54. The van der Waals surface area contributed by atoms with Gasteiger partial charge in [-0.3, -0.25) is 0 Å². The highest BCUT2D eigenvalue weighted by Gasteiger charge is 2.24. The summed E-state index contributed by atoms with van der Waals surface area (Å²) in [7, 11) is 0. The van der Waals surface area contributed by atoms with Gasteiger partial charge in [-0.2, -0.15) is 0 Å². The van der Waals surface area contributed by atoms with Crippen molar-refractivity contribution in [1.29, 1.82) is 0 Å². The zero-order valence-corrected chi connectivity index (χ0v) is 11.9. The van der Waals surface area contributed by atoms with E-state index >= 15 is 0 Å². The Bertz CT molecular complexity index is 602. The van der Waals surface area contributed by atoms with E-state index in [1.54, 1.807) is 12.1 Å². The van der Waals surface area contributed by atoms with E-state index in [9.17, 15) is 4.39 Å². The number of benzene rings is 1. The monoisotopic (exact) mass is 282 g/mol. The van der Waals surface area contributed by atoms with Crippen LogP contribution in [0.2, 0.25) is 5.02 Å². The maximum absolute atomic E-state index is 14.1. The van der Waals surface area contributed by atoms with E-state index in [4.69, 9.17) is 21.9 Å². The molecule has 0 aliphatic heterocycles. The Morgan fingerprint density at radius 3 is 2.68 bits per heavy atom. The predicted molar refractivity (Wildman–Crippen MR) is 74.5 cm³/mol. The molecule has 1 aromatic heterocycles. The first-order valence-electron chi connectivity index (χ1n) is 5.98. The molecule has 0 unspecified atom stereocenters. The summed E-state index contributed by atoms with van der Waals surface area (Å²) in [6.45, 7) is 6.18. The third-order valence-corrected chi connectivity index (χ3v) is 2.99. The number of nitrogen functional groups attached to an aromatic ring is 1. The van der Waals surface area contributed by atoms with Gasteiger partial charge in [0.15, 0.2) is 5.82 Å². The average Bonchev–Trinajstić information content (AvgIpc) is 2.62. The molecular formula is C14H16ClFN2O. The van der Waals surface area contributed by atoms with Crippen LogP contribution in [-0.4, -0.2) is 5.16 Å². The normalized spacial score (nSPS) is 11.8. The molecule has 0 aliphatic rings. The quantitative estimate of drug-likeness (QED) is 0.893. The van der Waals surface area contributed by atoms with Crippen molar-refractivity contribution in [3.05, 3.63) is 34.8 Å². The van der Waals surface area contributed by atoms with E-state index in [1.165, 1.54) is 6.07 Å². The third-order valence-electron chi connectivity index (χ3n) is 2.70. The minimum Gasteiger partial charge on any atom is -0.380 e. The highest BCUT2D eigenvalue weighted by molar-refractivity contribution is 6.31. The van der Waals surface area contributed by atoms with Crippen molar-refractivity contribution in [3.63, 3.8) is 0 Å². The van der Waals surface area contributed by atoms with E-state index in [0.29, 0.717) is 23.3 Å². The summed E-state index contributed by atoms with van der Waals surface area (Å²) in [4.78, 5) is 0. The molecule has 0 saturated heterocycles. The lowest BCUT2D eigenvalue weighted by molar-refractivity contribution is 0.322. The largest absolute Gasteiger partial charge is 0.380 e. The van der Waals surface area contributed by atoms with Crippen molar-refractivity contribution in [2.75, 3.05) is 5.73 Å². The van der Waals surface area contributed by atoms with Crippen LogP contribution in [0.3, 0.4) is 0 Å². The molecule has 5 heteroatoms. The summed E-state index contributed by atoms with van der Waals surface area (Å²) in [6, 6.07) is 4.79. The second-order valence-corrected chi connectivity index (χ2v) is 6.11. The number of aromatic nitrogens is 1. The number of rotatable bonds is 2. The highest BCUT2D eigenvalue weighted by atomic mass is 35.5. The minimum atomic E-state index is -0.505. The SMILES string of the molecule is CC(C)(C)Cc1onc(N)c1-c1cccc(Cl)c1F. The molecule has 19 heavy (non-hydrogen) atoms. The molecule has 0 fully saturated rings. The second-order valence-electron chi connectivity index (χ2n) is 5.70. The smallest absolute Gasteiger partial charge is 0.175 e. The fourth-order valence-corrected chi connectivity index (χ4v) is 2.10. The average molecular weight is 283 g/mol. The van der Waals surface area contributed by atoms with Crippen LogP contribution < -0.4 is 5.73 Å². The topological polar surface area (TPSA) is 52.0 Å². The van der Waals surface area contributed by atoms with E-state index in [1.807, 2.05) is 0 Å². The van der Waals surface area contributed by atoms with Gasteiger partial charge in [0, 0.05) is 12.0 Å². The Balaban J connectivity index is 2.56. The van der Waals surface area contributed by atoms with Gasteiger partial charge in [-0.25, -0.2) is 4.39 Å². The Hall–Kier alpha value is -1.55. The molecule has 2 N–H and O–H groups in total. The maximum atomic E-state index is 14.1. The van der Waals surface area contributed by atoms with E-state index < -0.39 is 5.82 Å². The zero-order chi connectivity index (χ0) is 14.2. The lowest BCUT2D eigenvalue weighted by Crippen LogP contribution is -2.09. The molecule has 0 amide bonds. The van der Waals surface area contributed by atoms with E-state index in [-0.39, 0.29) is 16.3 Å². The molecule has 0 atom stereocenters. The molecule has 2 rings (SSSR count). The van der Waals surface area contributed by atoms with Crippen molar-refractivity contribution in [3.8, 4) is 11.1 Å². The molecule has 1 heterocycles. The molecule has 0 saturated carbocycles. The van der Waals surface area contributed by atoms with Crippen LogP contribution in [0.15, 0.2) is 22.7 Å². The van der Waals surface area contributed by atoms with Gasteiger partial charge in [0.1, 0.15) is 11.6 Å². The Morgan fingerprint density at radius 1 is 1.37 bits per heavy atom. The van der Waals surface area contributed by atoms with Gasteiger partial charge in [-0.1, -0.05) is 49.7 Å².